The molecule has 1 aliphatic heterocycles. The Morgan fingerprint density at radius 2 is 2.10 bits per heavy atom. The normalized spacial score (nSPS) is 26.2. The monoisotopic (exact) mass is 417 g/mol. The number of hydrogen-bond acceptors (Lipinski definition) is 9. The third kappa shape index (κ3) is 3.71. The average molecular weight is 417 g/mol. The van der Waals surface area contributed by atoms with Gasteiger partial charge in [-0.2, -0.15) is 10.4 Å². The van der Waals surface area contributed by atoms with E-state index >= 15 is 0 Å². The molecular formula is C20H27N5O5. The van der Waals surface area contributed by atoms with Crippen LogP contribution in [-0.4, -0.2) is 55.7 Å². The van der Waals surface area contributed by atoms with Gasteiger partial charge in [0.15, 0.2) is 5.82 Å². The van der Waals surface area contributed by atoms with Crippen molar-refractivity contribution in [3.05, 3.63) is 24.2 Å². The minimum Gasteiger partial charge on any atom is -0.463 e. The molecule has 10 nitrogen and oxygen atoms in total. The molecule has 4 N–H and O–H groups in total. The molecule has 0 aliphatic carbocycles. The number of rotatable bonds is 8. The fraction of sp³-hybridized carbons (Fsp3) is 0.600. The van der Waals surface area contributed by atoms with E-state index in [9.17, 15) is 20.3 Å². The topological polar surface area (TPSA) is 156 Å². The molecule has 0 unspecified atom stereocenters. The number of carbonyl (C=O) groups excluding carboxylic acids is 1. The number of aliphatic hydroxyl groups excluding tert-OH is 2. The largest absolute Gasteiger partial charge is 0.463 e. The van der Waals surface area contributed by atoms with Gasteiger partial charge in [-0.05, 0) is 25.0 Å². The van der Waals surface area contributed by atoms with Crippen LogP contribution in [0.5, 0.6) is 0 Å². The predicted octanol–water partition coefficient (Wildman–Crippen LogP) is 0.911. The van der Waals surface area contributed by atoms with Crippen molar-refractivity contribution in [2.75, 3.05) is 12.3 Å². The third-order valence-electron chi connectivity index (χ3n) is 5.48. The quantitative estimate of drug-likeness (QED) is 0.531. The molecule has 10 heteroatoms. The highest BCUT2D eigenvalue weighted by atomic mass is 16.6. The summed E-state index contributed by atoms with van der Waals surface area (Å²) < 4.78 is 12.5. The smallest absolute Gasteiger partial charge is 0.309 e. The predicted molar refractivity (Wildman–Crippen MR) is 106 cm³/mol. The summed E-state index contributed by atoms with van der Waals surface area (Å²) in [6.45, 7) is 3.72. The first-order valence-electron chi connectivity index (χ1n) is 10.1. The van der Waals surface area contributed by atoms with E-state index in [1.807, 2.05) is 19.9 Å². The van der Waals surface area contributed by atoms with Crippen molar-refractivity contribution in [2.45, 2.75) is 63.4 Å². The van der Waals surface area contributed by atoms with Gasteiger partial charge in [-0.15, -0.1) is 0 Å². The number of nitrogens with two attached hydrogens (primary N) is 1. The number of anilines is 1. The lowest BCUT2D eigenvalue weighted by Gasteiger charge is -2.24. The standard InChI is InChI=1S/C20H27N5O5/c1-3-5-12(6-4-2)19(28)29-9-14-16(26)17(27)20(10-21,30-14)15-8-7-13-18(22)23-11-24-25(13)15/h7-8,11-12,14,16-17,26-27H,3-6,9H2,1-2H3,(H2,22,23,24)/t14-,16-,17-,20+/m1/s1. The Morgan fingerprint density at radius 1 is 1.40 bits per heavy atom. The summed E-state index contributed by atoms with van der Waals surface area (Å²) >= 11 is 0. The summed E-state index contributed by atoms with van der Waals surface area (Å²) in [5.74, 6) is -0.397. The van der Waals surface area contributed by atoms with Crippen LogP contribution in [-0.2, 0) is 19.9 Å². The van der Waals surface area contributed by atoms with Crippen molar-refractivity contribution >= 4 is 17.3 Å². The number of fused-ring (bicyclic) bond motifs is 1. The SMILES string of the molecule is CCCC(CCC)C(=O)OC[C@H]1O[C@@](C#N)(c2ccc3c(N)ncnn23)[C@H](O)[C@@H]1O. The lowest BCUT2D eigenvalue weighted by Crippen LogP contribution is -2.41. The molecule has 2 aromatic heterocycles. The minimum absolute atomic E-state index is 0.195. The van der Waals surface area contributed by atoms with Crippen LogP contribution in [0.1, 0.15) is 45.2 Å². The van der Waals surface area contributed by atoms with Crippen molar-refractivity contribution in [1.29, 1.82) is 5.26 Å². The highest BCUT2D eigenvalue weighted by Crippen LogP contribution is 2.40. The van der Waals surface area contributed by atoms with Crippen LogP contribution in [0.3, 0.4) is 0 Å². The number of aromatic nitrogens is 3. The van der Waals surface area contributed by atoms with E-state index in [0.717, 1.165) is 12.8 Å². The van der Waals surface area contributed by atoms with Crippen molar-refractivity contribution < 1.29 is 24.5 Å². The second-order valence-corrected chi connectivity index (χ2v) is 7.50. The number of aliphatic hydroxyl groups is 2. The molecule has 0 bridgehead atoms. The lowest BCUT2D eigenvalue weighted by atomic mass is 9.92. The van der Waals surface area contributed by atoms with E-state index in [1.165, 1.54) is 16.9 Å². The van der Waals surface area contributed by atoms with Crippen LogP contribution >= 0.6 is 0 Å². The molecule has 3 rings (SSSR count). The molecule has 1 aliphatic rings. The van der Waals surface area contributed by atoms with Crippen LogP contribution in [0.2, 0.25) is 0 Å². The van der Waals surface area contributed by atoms with Gasteiger partial charge in [0.25, 0.3) is 0 Å². The average Bonchev–Trinajstić information content (AvgIpc) is 3.28. The fourth-order valence-electron chi connectivity index (χ4n) is 3.91. The highest BCUT2D eigenvalue weighted by Gasteiger charge is 2.57. The van der Waals surface area contributed by atoms with Gasteiger partial charge >= 0.3 is 5.97 Å². The van der Waals surface area contributed by atoms with Gasteiger partial charge in [0.1, 0.15) is 42.8 Å². The number of nitrogen functional groups attached to an aromatic ring is 1. The number of nitriles is 1. The number of nitrogens with zero attached hydrogens (tertiary/aromatic N) is 4. The summed E-state index contributed by atoms with van der Waals surface area (Å²) in [5.41, 5.74) is 4.56. The molecule has 0 aromatic carbocycles. The lowest BCUT2D eigenvalue weighted by molar-refractivity contribution is -0.156. The minimum atomic E-state index is -1.91. The molecule has 0 amide bonds. The van der Waals surface area contributed by atoms with Gasteiger partial charge in [0, 0.05) is 0 Å². The maximum absolute atomic E-state index is 12.4. The zero-order valence-corrected chi connectivity index (χ0v) is 17.1. The molecule has 1 saturated heterocycles. The zero-order chi connectivity index (χ0) is 21.9. The Hall–Kier alpha value is -2.74. The third-order valence-corrected chi connectivity index (χ3v) is 5.48. The molecule has 0 saturated carbocycles. The number of esters is 1. The number of carbonyl (C=O) groups is 1. The second-order valence-electron chi connectivity index (χ2n) is 7.50. The van der Waals surface area contributed by atoms with E-state index in [1.54, 1.807) is 6.07 Å². The molecule has 4 atom stereocenters. The first-order chi connectivity index (χ1) is 14.4. The van der Waals surface area contributed by atoms with Crippen LogP contribution in [0.25, 0.3) is 5.52 Å². The van der Waals surface area contributed by atoms with E-state index in [2.05, 4.69) is 10.1 Å². The first kappa shape index (κ1) is 22.0. The summed E-state index contributed by atoms with van der Waals surface area (Å²) in [4.78, 5) is 16.3. The van der Waals surface area contributed by atoms with E-state index in [0.29, 0.717) is 18.4 Å². The molecule has 3 heterocycles. The van der Waals surface area contributed by atoms with Gasteiger partial charge in [-0.25, -0.2) is 9.50 Å². The molecule has 1 fully saturated rings. The van der Waals surface area contributed by atoms with Crippen LogP contribution in [0.4, 0.5) is 5.82 Å². The van der Waals surface area contributed by atoms with Gasteiger partial charge in [-0.3, -0.25) is 4.79 Å². The Labute approximate surface area is 174 Å². The molecule has 2 aromatic rings. The molecule has 30 heavy (non-hydrogen) atoms. The summed E-state index contributed by atoms with van der Waals surface area (Å²) in [6, 6.07) is 5.09. The van der Waals surface area contributed by atoms with Gasteiger partial charge < -0.3 is 25.4 Å². The Morgan fingerprint density at radius 3 is 2.73 bits per heavy atom. The van der Waals surface area contributed by atoms with Crippen LogP contribution < -0.4 is 5.73 Å². The van der Waals surface area contributed by atoms with Gasteiger partial charge in [-0.1, -0.05) is 26.7 Å². The van der Waals surface area contributed by atoms with Crippen molar-refractivity contribution in [3.63, 3.8) is 0 Å². The van der Waals surface area contributed by atoms with E-state index in [4.69, 9.17) is 15.2 Å². The Bertz CT molecular complexity index is 935. The fourth-order valence-corrected chi connectivity index (χ4v) is 3.91. The van der Waals surface area contributed by atoms with Crippen molar-refractivity contribution in [3.8, 4) is 6.07 Å². The highest BCUT2D eigenvalue weighted by molar-refractivity contribution is 5.72. The van der Waals surface area contributed by atoms with E-state index in [-0.39, 0.29) is 30.0 Å². The molecular weight excluding hydrogens is 390 g/mol. The van der Waals surface area contributed by atoms with E-state index < -0.39 is 23.9 Å². The number of hydrogen-bond donors (Lipinski definition) is 3. The molecule has 0 spiro atoms. The van der Waals surface area contributed by atoms with Gasteiger partial charge in [0.2, 0.25) is 5.60 Å². The summed E-state index contributed by atoms with van der Waals surface area (Å²) in [7, 11) is 0. The Kier molecular flexibility index (Phi) is 6.55. The van der Waals surface area contributed by atoms with Crippen molar-refractivity contribution in [1.82, 2.24) is 14.6 Å². The molecule has 0 radical (unpaired) electrons. The van der Waals surface area contributed by atoms with Crippen molar-refractivity contribution in [2.24, 2.45) is 5.92 Å². The Balaban J connectivity index is 1.82. The zero-order valence-electron chi connectivity index (χ0n) is 17.1. The van der Waals surface area contributed by atoms with Crippen LogP contribution in [0, 0.1) is 17.2 Å². The maximum Gasteiger partial charge on any atom is 0.309 e. The maximum atomic E-state index is 12.4. The molecule has 162 valence electrons. The van der Waals surface area contributed by atoms with Gasteiger partial charge in [0.05, 0.1) is 11.6 Å². The number of ether oxygens (including phenoxy) is 2. The first-order valence-corrected chi connectivity index (χ1v) is 10.1. The van der Waals surface area contributed by atoms with Crippen LogP contribution in [0.15, 0.2) is 18.5 Å². The summed E-state index contributed by atoms with van der Waals surface area (Å²) in [6.07, 6.45) is 0.259. The second kappa shape index (κ2) is 8.95. The summed E-state index contributed by atoms with van der Waals surface area (Å²) in [5, 5.41) is 35.2.